The molecule has 2 saturated heterocycles. The molecule has 4 rings (SSSR count). The van der Waals surface area contributed by atoms with Crippen molar-refractivity contribution in [3.63, 3.8) is 0 Å². The van der Waals surface area contributed by atoms with Gasteiger partial charge in [-0.1, -0.05) is 0 Å². The summed E-state index contributed by atoms with van der Waals surface area (Å²) in [6.07, 6.45) is 5.86. The Hall–Kier alpha value is -2.24. The number of aromatic amines is 1. The summed E-state index contributed by atoms with van der Waals surface area (Å²) in [6.45, 7) is 9.43. The number of nitrogens with zero attached hydrogens (tertiary/aromatic N) is 3. The normalized spacial score (nSPS) is 20.0. The Labute approximate surface area is 148 Å². The molecule has 6 nitrogen and oxygen atoms in total. The minimum atomic E-state index is -0.424. The first-order valence-corrected chi connectivity index (χ1v) is 9.00. The van der Waals surface area contributed by atoms with E-state index in [0.717, 1.165) is 44.7 Å². The number of anilines is 1. The van der Waals surface area contributed by atoms with E-state index in [1.165, 1.54) is 11.1 Å². The van der Waals surface area contributed by atoms with Gasteiger partial charge < -0.3 is 19.5 Å². The Morgan fingerprint density at radius 2 is 1.96 bits per heavy atom. The Balaban J connectivity index is 1.37. The van der Waals surface area contributed by atoms with E-state index >= 15 is 0 Å². The number of piperidine rings is 1. The monoisotopic (exact) mass is 342 g/mol. The van der Waals surface area contributed by atoms with Crippen LogP contribution in [0.4, 0.5) is 10.5 Å². The van der Waals surface area contributed by atoms with Gasteiger partial charge in [0.25, 0.3) is 0 Å². The first-order chi connectivity index (χ1) is 11.9. The summed E-state index contributed by atoms with van der Waals surface area (Å²) in [5, 5.41) is 1.18. The molecule has 0 radical (unpaired) electrons. The van der Waals surface area contributed by atoms with Gasteiger partial charge in [0.2, 0.25) is 0 Å². The molecule has 1 spiro atoms. The number of rotatable bonds is 1. The van der Waals surface area contributed by atoms with Crippen molar-refractivity contribution in [2.45, 2.75) is 39.2 Å². The molecule has 0 bridgehead atoms. The number of aromatic nitrogens is 2. The van der Waals surface area contributed by atoms with Gasteiger partial charge in [-0.3, -0.25) is 0 Å². The van der Waals surface area contributed by atoms with Gasteiger partial charge in [0.05, 0.1) is 0 Å². The molecule has 4 heterocycles. The van der Waals surface area contributed by atoms with Crippen LogP contribution < -0.4 is 4.90 Å². The quantitative estimate of drug-likeness (QED) is 0.863. The standard InChI is InChI=1S/C19H26N4O2/c1-18(2,3)25-17(24)23-12-19(13-23)6-10-22(11-7-19)15-5-9-21-16-14(15)4-8-20-16/h4-5,8-9H,6-7,10-13H2,1-3H3,(H,20,21). The first kappa shape index (κ1) is 16.2. The van der Waals surface area contributed by atoms with E-state index in [1.807, 2.05) is 38.1 Å². The van der Waals surface area contributed by atoms with E-state index in [9.17, 15) is 4.79 Å². The van der Waals surface area contributed by atoms with Crippen molar-refractivity contribution in [2.75, 3.05) is 31.1 Å². The molecule has 0 saturated carbocycles. The number of amides is 1. The van der Waals surface area contributed by atoms with Crippen LogP contribution in [-0.4, -0.2) is 52.7 Å². The minimum Gasteiger partial charge on any atom is -0.444 e. The number of nitrogens with one attached hydrogen (secondary N) is 1. The largest absolute Gasteiger partial charge is 0.444 e. The number of carbonyl (C=O) groups is 1. The zero-order valence-corrected chi connectivity index (χ0v) is 15.2. The molecule has 2 aliphatic heterocycles. The maximum atomic E-state index is 12.2. The summed E-state index contributed by atoms with van der Waals surface area (Å²) in [7, 11) is 0. The van der Waals surface area contributed by atoms with Crippen LogP contribution in [0, 0.1) is 5.41 Å². The smallest absolute Gasteiger partial charge is 0.410 e. The topological polar surface area (TPSA) is 61.5 Å². The third-order valence-electron chi connectivity index (χ3n) is 5.31. The van der Waals surface area contributed by atoms with Crippen LogP contribution in [0.2, 0.25) is 0 Å². The summed E-state index contributed by atoms with van der Waals surface area (Å²) in [5.41, 5.74) is 2.05. The van der Waals surface area contributed by atoms with Gasteiger partial charge in [-0.05, 0) is 45.7 Å². The van der Waals surface area contributed by atoms with E-state index in [4.69, 9.17) is 4.74 Å². The van der Waals surface area contributed by atoms with Crippen LogP contribution >= 0.6 is 0 Å². The maximum Gasteiger partial charge on any atom is 0.410 e. The van der Waals surface area contributed by atoms with Crippen LogP contribution in [0.15, 0.2) is 24.5 Å². The van der Waals surface area contributed by atoms with Crippen LogP contribution in [0.1, 0.15) is 33.6 Å². The molecule has 25 heavy (non-hydrogen) atoms. The Morgan fingerprint density at radius 3 is 2.64 bits per heavy atom. The second-order valence-corrected chi connectivity index (χ2v) is 8.39. The lowest BCUT2D eigenvalue weighted by Gasteiger charge is -2.54. The third kappa shape index (κ3) is 3.05. The van der Waals surface area contributed by atoms with E-state index in [-0.39, 0.29) is 11.5 Å². The second-order valence-electron chi connectivity index (χ2n) is 8.39. The number of likely N-dealkylation sites (tertiary alicyclic amines) is 1. The Bertz CT molecular complexity index is 776. The Morgan fingerprint density at radius 1 is 1.24 bits per heavy atom. The lowest BCUT2D eigenvalue weighted by atomic mass is 9.72. The van der Waals surface area contributed by atoms with Crippen molar-refractivity contribution in [3.8, 4) is 0 Å². The van der Waals surface area contributed by atoms with Gasteiger partial charge >= 0.3 is 6.09 Å². The zero-order chi connectivity index (χ0) is 17.7. The van der Waals surface area contributed by atoms with Crippen molar-refractivity contribution in [2.24, 2.45) is 5.41 Å². The lowest BCUT2D eigenvalue weighted by molar-refractivity contribution is -0.0434. The summed E-state index contributed by atoms with van der Waals surface area (Å²) in [6, 6.07) is 4.19. The fourth-order valence-corrected chi connectivity index (χ4v) is 3.98. The summed E-state index contributed by atoms with van der Waals surface area (Å²) in [5.74, 6) is 0. The molecular weight excluding hydrogens is 316 g/mol. The average molecular weight is 342 g/mol. The third-order valence-corrected chi connectivity index (χ3v) is 5.31. The molecule has 2 aromatic rings. The van der Waals surface area contributed by atoms with Crippen LogP contribution in [-0.2, 0) is 4.74 Å². The molecule has 2 aromatic heterocycles. The highest BCUT2D eigenvalue weighted by molar-refractivity contribution is 5.89. The number of hydrogen-bond donors (Lipinski definition) is 1. The zero-order valence-electron chi connectivity index (χ0n) is 15.2. The SMILES string of the molecule is CC(C)(C)OC(=O)N1CC2(CCN(c3ccnc4[nH]ccc34)CC2)C1. The summed E-state index contributed by atoms with van der Waals surface area (Å²) >= 11 is 0. The lowest BCUT2D eigenvalue weighted by Crippen LogP contribution is -2.62. The maximum absolute atomic E-state index is 12.2. The molecule has 6 heteroatoms. The van der Waals surface area contributed by atoms with Crippen LogP contribution in [0.3, 0.4) is 0 Å². The predicted molar refractivity (Wildman–Crippen MR) is 97.8 cm³/mol. The molecule has 1 N–H and O–H groups in total. The molecule has 134 valence electrons. The van der Waals surface area contributed by atoms with Crippen molar-refractivity contribution >= 4 is 22.8 Å². The highest BCUT2D eigenvalue weighted by Gasteiger charge is 2.47. The molecule has 2 fully saturated rings. The number of fused-ring (bicyclic) bond motifs is 1. The van der Waals surface area contributed by atoms with Gasteiger partial charge in [0, 0.05) is 55.1 Å². The Kier molecular flexibility index (Phi) is 3.67. The molecule has 1 amide bonds. The minimum absolute atomic E-state index is 0.177. The molecular formula is C19H26N4O2. The molecule has 2 aliphatic rings. The average Bonchev–Trinajstić information content (AvgIpc) is 2.99. The van der Waals surface area contributed by atoms with Crippen molar-refractivity contribution in [3.05, 3.63) is 24.5 Å². The number of pyridine rings is 1. The molecule has 0 atom stereocenters. The van der Waals surface area contributed by atoms with E-state index < -0.39 is 5.60 Å². The molecule has 0 aromatic carbocycles. The molecule has 0 aliphatic carbocycles. The number of hydrogen-bond acceptors (Lipinski definition) is 4. The fourth-order valence-electron chi connectivity index (χ4n) is 3.98. The van der Waals surface area contributed by atoms with E-state index in [2.05, 4.69) is 27.0 Å². The highest BCUT2D eigenvalue weighted by atomic mass is 16.6. The summed E-state index contributed by atoms with van der Waals surface area (Å²) < 4.78 is 5.47. The number of H-pyrrole nitrogens is 1. The summed E-state index contributed by atoms with van der Waals surface area (Å²) in [4.78, 5) is 24.0. The second kappa shape index (κ2) is 5.64. The fraction of sp³-hybridized carbons (Fsp3) is 0.579. The van der Waals surface area contributed by atoms with Gasteiger partial charge in [0.1, 0.15) is 11.2 Å². The van der Waals surface area contributed by atoms with Crippen molar-refractivity contribution in [1.29, 1.82) is 0 Å². The van der Waals surface area contributed by atoms with Crippen LogP contribution in [0.25, 0.3) is 11.0 Å². The van der Waals surface area contributed by atoms with Gasteiger partial charge in [-0.15, -0.1) is 0 Å². The van der Waals surface area contributed by atoms with Crippen molar-refractivity contribution in [1.82, 2.24) is 14.9 Å². The van der Waals surface area contributed by atoms with E-state index in [0.29, 0.717) is 0 Å². The van der Waals surface area contributed by atoms with Crippen LogP contribution in [0.5, 0.6) is 0 Å². The predicted octanol–water partition coefficient (Wildman–Crippen LogP) is 3.40. The first-order valence-electron chi connectivity index (χ1n) is 9.00. The molecule has 0 unspecified atom stereocenters. The van der Waals surface area contributed by atoms with Gasteiger partial charge in [0.15, 0.2) is 0 Å². The van der Waals surface area contributed by atoms with Gasteiger partial charge in [-0.25, -0.2) is 9.78 Å². The number of carbonyl (C=O) groups excluding carboxylic acids is 1. The number of ether oxygens (including phenoxy) is 1. The van der Waals surface area contributed by atoms with E-state index in [1.54, 1.807) is 0 Å². The van der Waals surface area contributed by atoms with Crippen molar-refractivity contribution < 1.29 is 9.53 Å². The highest BCUT2D eigenvalue weighted by Crippen LogP contribution is 2.42. The van der Waals surface area contributed by atoms with Gasteiger partial charge in [-0.2, -0.15) is 0 Å².